The predicted octanol–water partition coefficient (Wildman–Crippen LogP) is 2.71. The molecular weight excluding hydrogens is 286 g/mol. The monoisotopic (exact) mass is 303 g/mol. The van der Waals surface area contributed by atoms with Crippen molar-refractivity contribution < 1.29 is 13.2 Å². The average molecular weight is 303 g/mol. The summed E-state index contributed by atoms with van der Waals surface area (Å²) in [6, 6.07) is 16.6. The molecule has 1 aliphatic rings. The van der Waals surface area contributed by atoms with Crippen molar-refractivity contribution in [2.45, 2.75) is 17.9 Å². The molecule has 1 atom stereocenters. The Labute approximate surface area is 125 Å². The highest BCUT2D eigenvalue weighted by Crippen LogP contribution is 2.28. The van der Waals surface area contributed by atoms with Gasteiger partial charge in [0.25, 0.3) is 0 Å². The van der Waals surface area contributed by atoms with Gasteiger partial charge in [0.2, 0.25) is 10.0 Å². The van der Waals surface area contributed by atoms with Crippen molar-refractivity contribution in [1.82, 2.24) is 4.31 Å². The highest BCUT2D eigenvalue weighted by atomic mass is 32.2. The second kappa shape index (κ2) is 5.60. The minimum atomic E-state index is -3.49. The summed E-state index contributed by atoms with van der Waals surface area (Å²) in [5.41, 5.74) is 1.93. The molecule has 0 N–H and O–H groups in total. The van der Waals surface area contributed by atoms with Gasteiger partial charge < -0.3 is 4.74 Å². The Morgan fingerprint density at radius 1 is 1.10 bits per heavy atom. The van der Waals surface area contributed by atoms with E-state index in [4.69, 9.17) is 4.74 Å². The normalized spacial score (nSPS) is 19.8. The molecule has 0 aliphatic carbocycles. The maximum atomic E-state index is 12.6. The van der Waals surface area contributed by atoms with Crippen molar-refractivity contribution in [2.75, 3.05) is 13.3 Å². The molecule has 1 fully saturated rings. The molecule has 0 bridgehead atoms. The molecule has 110 valence electrons. The predicted molar refractivity (Wildman–Crippen MR) is 80.2 cm³/mol. The number of hydrogen-bond acceptors (Lipinski definition) is 3. The van der Waals surface area contributed by atoms with Crippen molar-refractivity contribution in [3.63, 3.8) is 0 Å². The van der Waals surface area contributed by atoms with Crippen LogP contribution >= 0.6 is 0 Å². The van der Waals surface area contributed by atoms with Gasteiger partial charge in [0.15, 0.2) is 0 Å². The fourth-order valence-corrected chi connectivity index (χ4v) is 3.84. The molecular formula is C16H17NO3S. The molecule has 1 unspecified atom stereocenters. The SMILES string of the molecule is Cc1cccc(S(=O)(=O)N2COC(c3ccccc3)C2)c1. The summed E-state index contributed by atoms with van der Waals surface area (Å²) >= 11 is 0. The summed E-state index contributed by atoms with van der Waals surface area (Å²) in [7, 11) is -3.49. The molecule has 0 radical (unpaired) electrons. The number of hydrogen-bond donors (Lipinski definition) is 0. The lowest BCUT2D eigenvalue weighted by Gasteiger charge is -2.15. The van der Waals surface area contributed by atoms with Crippen LogP contribution in [0.15, 0.2) is 59.5 Å². The third kappa shape index (κ3) is 2.85. The van der Waals surface area contributed by atoms with E-state index in [0.29, 0.717) is 11.4 Å². The number of sulfonamides is 1. The molecule has 2 aromatic rings. The summed E-state index contributed by atoms with van der Waals surface area (Å²) in [6.07, 6.45) is -0.203. The first-order valence-electron chi connectivity index (χ1n) is 6.81. The van der Waals surface area contributed by atoms with Gasteiger partial charge >= 0.3 is 0 Å². The Morgan fingerprint density at radius 3 is 2.57 bits per heavy atom. The Balaban J connectivity index is 1.83. The molecule has 2 aromatic carbocycles. The molecule has 0 amide bonds. The minimum Gasteiger partial charge on any atom is -0.356 e. The van der Waals surface area contributed by atoms with Crippen LogP contribution in [0.3, 0.4) is 0 Å². The number of rotatable bonds is 3. The standard InChI is InChI=1S/C16H17NO3S/c1-13-6-5-9-15(10-13)21(18,19)17-11-16(20-12-17)14-7-3-2-4-8-14/h2-10,16H,11-12H2,1H3. The average Bonchev–Trinajstić information content (AvgIpc) is 2.99. The second-order valence-electron chi connectivity index (χ2n) is 5.15. The Kier molecular flexibility index (Phi) is 3.80. The van der Waals surface area contributed by atoms with Crippen LogP contribution in [0.5, 0.6) is 0 Å². The molecule has 0 saturated carbocycles. The van der Waals surface area contributed by atoms with Gasteiger partial charge in [0.05, 0.1) is 11.0 Å². The maximum absolute atomic E-state index is 12.6. The summed E-state index contributed by atoms with van der Waals surface area (Å²) in [5.74, 6) is 0. The van der Waals surface area contributed by atoms with E-state index in [1.54, 1.807) is 18.2 Å². The molecule has 21 heavy (non-hydrogen) atoms. The topological polar surface area (TPSA) is 46.6 Å². The zero-order chi connectivity index (χ0) is 14.9. The number of aryl methyl sites for hydroxylation is 1. The van der Waals surface area contributed by atoms with E-state index in [1.165, 1.54) is 4.31 Å². The first-order valence-corrected chi connectivity index (χ1v) is 8.25. The fourth-order valence-electron chi connectivity index (χ4n) is 2.43. The molecule has 0 aromatic heterocycles. The third-order valence-electron chi connectivity index (χ3n) is 3.59. The lowest BCUT2D eigenvalue weighted by atomic mass is 10.1. The van der Waals surface area contributed by atoms with Crippen LogP contribution in [0, 0.1) is 6.92 Å². The van der Waals surface area contributed by atoms with Gasteiger partial charge in [-0.3, -0.25) is 0 Å². The Morgan fingerprint density at radius 2 is 1.86 bits per heavy atom. The van der Waals surface area contributed by atoms with Gasteiger partial charge in [-0.25, -0.2) is 8.42 Å². The van der Waals surface area contributed by atoms with Crippen molar-refractivity contribution in [2.24, 2.45) is 0 Å². The van der Waals surface area contributed by atoms with E-state index < -0.39 is 10.0 Å². The lowest BCUT2D eigenvalue weighted by molar-refractivity contribution is 0.104. The summed E-state index contributed by atoms with van der Waals surface area (Å²) in [4.78, 5) is 0.319. The molecule has 3 rings (SSSR count). The van der Waals surface area contributed by atoms with Gasteiger partial charge in [0, 0.05) is 6.54 Å². The van der Waals surface area contributed by atoms with Crippen LogP contribution < -0.4 is 0 Å². The van der Waals surface area contributed by atoms with E-state index in [1.807, 2.05) is 43.3 Å². The third-order valence-corrected chi connectivity index (χ3v) is 5.37. The molecule has 1 heterocycles. The highest BCUT2D eigenvalue weighted by Gasteiger charge is 2.33. The van der Waals surface area contributed by atoms with Crippen molar-refractivity contribution in [3.8, 4) is 0 Å². The van der Waals surface area contributed by atoms with Gasteiger partial charge in [-0.1, -0.05) is 42.5 Å². The first-order chi connectivity index (χ1) is 10.1. The number of ether oxygens (including phenoxy) is 1. The van der Waals surface area contributed by atoms with Crippen LogP contribution in [0.2, 0.25) is 0 Å². The number of benzene rings is 2. The summed E-state index contributed by atoms with van der Waals surface area (Å²) < 4.78 is 32.2. The quantitative estimate of drug-likeness (QED) is 0.876. The van der Waals surface area contributed by atoms with Gasteiger partial charge in [-0.2, -0.15) is 4.31 Å². The fraction of sp³-hybridized carbons (Fsp3) is 0.250. The molecule has 5 heteroatoms. The maximum Gasteiger partial charge on any atom is 0.245 e. The van der Waals surface area contributed by atoms with Gasteiger partial charge in [-0.05, 0) is 30.2 Å². The summed E-state index contributed by atoms with van der Waals surface area (Å²) in [5, 5.41) is 0. The van der Waals surface area contributed by atoms with Crippen LogP contribution in [0.1, 0.15) is 17.2 Å². The van der Waals surface area contributed by atoms with Gasteiger partial charge in [-0.15, -0.1) is 0 Å². The zero-order valence-corrected chi connectivity index (χ0v) is 12.6. The van der Waals surface area contributed by atoms with E-state index >= 15 is 0 Å². The van der Waals surface area contributed by atoms with Crippen molar-refractivity contribution in [1.29, 1.82) is 0 Å². The van der Waals surface area contributed by atoms with Crippen molar-refractivity contribution in [3.05, 3.63) is 65.7 Å². The minimum absolute atomic E-state index is 0.0931. The lowest BCUT2D eigenvalue weighted by Crippen LogP contribution is -2.28. The first kappa shape index (κ1) is 14.3. The van der Waals surface area contributed by atoms with E-state index in [0.717, 1.165) is 11.1 Å². The van der Waals surface area contributed by atoms with Crippen LogP contribution in [0.25, 0.3) is 0 Å². The largest absolute Gasteiger partial charge is 0.356 e. The number of nitrogens with zero attached hydrogens (tertiary/aromatic N) is 1. The van der Waals surface area contributed by atoms with Gasteiger partial charge in [0.1, 0.15) is 6.73 Å². The zero-order valence-electron chi connectivity index (χ0n) is 11.8. The molecule has 1 aliphatic heterocycles. The molecule has 0 spiro atoms. The van der Waals surface area contributed by atoms with E-state index in [9.17, 15) is 8.42 Å². The van der Waals surface area contributed by atoms with E-state index in [-0.39, 0.29) is 12.8 Å². The molecule has 1 saturated heterocycles. The summed E-state index contributed by atoms with van der Waals surface area (Å²) in [6.45, 7) is 2.32. The second-order valence-corrected chi connectivity index (χ2v) is 7.09. The van der Waals surface area contributed by atoms with Crippen LogP contribution in [-0.4, -0.2) is 26.0 Å². The van der Waals surface area contributed by atoms with E-state index in [2.05, 4.69) is 0 Å². The Hall–Kier alpha value is -1.69. The Bertz CT molecular complexity index is 728. The smallest absolute Gasteiger partial charge is 0.245 e. The van der Waals surface area contributed by atoms with Crippen molar-refractivity contribution >= 4 is 10.0 Å². The van der Waals surface area contributed by atoms with Crippen LogP contribution in [0.4, 0.5) is 0 Å². The van der Waals surface area contributed by atoms with Crippen LogP contribution in [-0.2, 0) is 14.8 Å². The molecule has 4 nitrogen and oxygen atoms in total. The highest BCUT2D eigenvalue weighted by molar-refractivity contribution is 7.89.